The van der Waals surface area contributed by atoms with E-state index >= 15 is 0 Å². The average Bonchev–Trinajstić information content (AvgIpc) is 2.84. The molecule has 0 atom stereocenters. The molecule has 0 bridgehead atoms. The van der Waals surface area contributed by atoms with Gasteiger partial charge in [0.1, 0.15) is 0 Å². The molecular formula is C13H10BrClN2OS. The lowest BCUT2D eigenvalue weighted by atomic mass is 10.2. The monoisotopic (exact) mass is 356 g/mol. The number of anilines is 1. The van der Waals surface area contributed by atoms with E-state index in [4.69, 9.17) is 11.6 Å². The van der Waals surface area contributed by atoms with Gasteiger partial charge in [0.05, 0.1) is 21.9 Å². The fraction of sp³-hybridized carbons (Fsp3) is 0.0769. The molecule has 0 aliphatic carbocycles. The van der Waals surface area contributed by atoms with Gasteiger partial charge in [0.15, 0.2) is 0 Å². The first-order valence-electron chi connectivity index (χ1n) is 5.39. The molecule has 98 valence electrons. The van der Waals surface area contributed by atoms with Gasteiger partial charge in [-0.2, -0.15) is 0 Å². The molecule has 1 aromatic heterocycles. The summed E-state index contributed by atoms with van der Waals surface area (Å²) in [6, 6.07) is 3.64. The number of thiazole rings is 1. The molecule has 0 saturated heterocycles. The van der Waals surface area contributed by atoms with Crippen molar-refractivity contribution in [1.82, 2.24) is 4.98 Å². The molecule has 1 N–H and O–H groups in total. The number of aryl methyl sites for hydroxylation is 1. The maximum atomic E-state index is 11.8. The van der Waals surface area contributed by atoms with Gasteiger partial charge in [-0.15, -0.1) is 11.3 Å². The van der Waals surface area contributed by atoms with Gasteiger partial charge in [-0.1, -0.05) is 27.5 Å². The van der Waals surface area contributed by atoms with Crippen LogP contribution in [0.2, 0.25) is 5.02 Å². The number of nitrogens with one attached hydrogen (secondary N) is 1. The first-order chi connectivity index (χ1) is 9.06. The molecular weight excluding hydrogens is 348 g/mol. The van der Waals surface area contributed by atoms with Crippen molar-refractivity contribution < 1.29 is 4.79 Å². The first kappa shape index (κ1) is 14.2. The Balaban J connectivity index is 2.11. The Morgan fingerprint density at radius 2 is 2.32 bits per heavy atom. The Bertz CT molecular complexity index is 603. The van der Waals surface area contributed by atoms with E-state index in [0.717, 1.165) is 15.7 Å². The van der Waals surface area contributed by atoms with Gasteiger partial charge >= 0.3 is 0 Å². The second kappa shape index (κ2) is 6.32. The standard InChI is InChI=1S/C13H10BrClN2OS/c1-8-4-9(14)5-11(15)13(8)17-12(18)3-2-10-6-19-7-16-10/h2-7H,1H3,(H,17,18). The smallest absolute Gasteiger partial charge is 0.248 e. The van der Waals surface area contributed by atoms with Crippen molar-refractivity contribution in [2.75, 3.05) is 5.32 Å². The third kappa shape index (κ3) is 3.89. The summed E-state index contributed by atoms with van der Waals surface area (Å²) in [6.45, 7) is 1.89. The highest BCUT2D eigenvalue weighted by Gasteiger charge is 2.08. The van der Waals surface area contributed by atoms with E-state index in [2.05, 4.69) is 26.2 Å². The van der Waals surface area contributed by atoms with Crippen LogP contribution < -0.4 is 5.32 Å². The molecule has 0 unspecified atom stereocenters. The van der Waals surface area contributed by atoms with Crippen LogP contribution in [-0.4, -0.2) is 10.9 Å². The van der Waals surface area contributed by atoms with Gasteiger partial charge in [-0.25, -0.2) is 4.98 Å². The van der Waals surface area contributed by atoms with Crippen LogP contribution in [0.4, 0.5) is 5.69 Å². The fourth-order valence-corrected chi connectivity index (χ4v) is 3.03. The van der Waals surface area contributed by atoms with Gasteiger partial charge in [-0.05, 0) is 30.7 Å². The second-order valence-electron chi connectivity index (χ2n) is 3.82. The lowest BCUT2D eigenvalue weighted by Crippen LogP contribution is -2.09. The number of hydrogen-bond donors (Lipinski definition) is 1. The van der Waals surface area contributed by atoms with Crippen LogP contribution in [0.15, 0.2) is 33.6 Å². The molecule has 3 nitrogen and oxygen atoms in total. The van der Waals surface area contributed by atoms with E-state index in [-0.39, 0.29) is 5.91 Å². The Kier molecular flexibility index (Phi) is 4.74. The van der Waals surface area contributed by atoms with Crippen LogP contribution in [0.5, 0.6) is 0 Å². The Morgan fingerprint density at radius 3 is 2.95 bits per heavy atom. The van der Waals surface area contributed by atoms with Gasteiger partial charge in [0, 0.05) is 15.9 Å². The Hall–Kier alpha value is -1.17. The summed E-state index contributed by atoms with van der Waals surface area (Å²) in [5.41, 5.74) is 4.00. The highest BCUT2D eigenvalue weighted by atomic mass is 79.9. The van der Waals surface area contributed by atoms with Crippen molar-refractivity contribution in [2.45, 2.75) is 6.92 Å². The summed E-state index contributed by atoms with van der Waals surface area (Å²) in [7, 11) is 0. The molecule has 0 radical (unpaired) electrons. The van der Waals surface area contributed by atoms with Crippen LogP contribution in [0, 0.1) is 6.92 Å². The number of carbonyl (C=O) groups is 1. The third-order valence-corrected chi connectivity index (χ3v) is 3.72. The molecule has 19 heavy (non-hydrogen) atoms. The predicted octanol–water partition coefficient (Wildman–Crippen LogP) is 4.52. The van der Waals surface area contributed by atoms with E-state index in [1.54, 1.807) is 17.7 Å². The number of aromatic nitrogens is 1. The van der Waals surface area contributed by atoms with Crippen LogP contribution >= 0.6 is 38.9 Å². The quantitative estimate of drug-likeness (QED) is 0.821. The van der Waals surface area contributed by atoms with Gasteiger partial charge < -0.3 is 5.32 Å². The molecule has 0 fully saturated rings. The summed E-state index contributed by atoms with van der Waals surface area (Å²) in [4.78, 5) is 15.9. The predicted molar refractivity (Wildman–Crippen MR) is 83.7 cm³/mol. The molecule has 2 rings (SSSR count). The summed E-state index contributed by atoms with van der Waals surface area (Å²) in [5.74, 6) is -0.236. The van der Waals surface area contributed by atoms with Crippen LogP contribution in [0.1, 0.15) is 11.3 Å². The molecule has 1 heterocycles. The summed E-state index contributed by atoms with van der Waals surface area (Å²) in [6.07, 6.45) is 3.10. The SMILES string of the molecule is Cc1cc(Br)cc(Cl)c1NC(=O)C=Cc1cscn1. The Labute approximate surface area is 128 Å². The number of nitrogens with zero attached hydrogens (tertiary/aromatic N) is 1. The molecule has 0 spiro atoms. The number of carbonyl (C=O) groups excluding carboxylic acids is 1. The van der Waals surface area contributed by atoms with E-state index in [1.807, 2.05) is 18.4 Å². The van der Waals surface area contributed by atoms with E-state index < -0.39 is 0 Å². The third-order valence-electron chi connectivity index (χ3n) is 2.36. The van der Waals surface area contributed by atoms with Crippen molar-refractivity contribution in [3.05, 3.63) is 49.9 Å². The molecule has 6 heteroatoms. The zero-order chi connectivity index (χ0) is 13.8. The zero-order valence-corrected chi connectivity index (χ0v) is 13.1. The molecule has 0 saturated carbocycles. The summed E-state index contributed by atoms with van der Waals surface area (Å²) < 4.78 is 0.881. The minimum Gasteiger partial charge on any atom is -0.321 e. The van der Waals surface area contributed by atoms with Gasteiger partial charge in [0.25, 0.3) is 0 Å². The minimum absolute atomic E-state index is 0.236. The lowest BCUT2D eigenvalue weighted by molar-refractivity contribution is -0.111. The normalized spacial score (nSPS) is 10.9. The van der Waals surface area contributed by atoms with Crippen LogP contribution in [0.25, 0.3) is 6.08 Å². The topological polar surface area (TPSA) is 42.0 Å². The highest BCUT2D eigenvalue weighted by molar-refractivity contribution is 9.10. The lowest BCUT2D eigenvalue weighted by Gasteiger charge is -2.09. The van der Waals surface area contributed by atoms with Crippen molar-refractivity contribution in [3.8, 4) is 0 Å². The summed E-state index contributed by atoms with van der Waals surface area (Å²) in [5, 5.41) is 5.13. The molecule has 1 amide bonds. The van der Waals surface area contributed by atoms with E-state index in [1.165, 1.54) is 17.4 Å². The van der Waals surface area contributed by atoms with E-state index in [9.17, 15) is 4.79 Å². The summed E-state index contributed by atoms with van der Waals surface area (Å²) >= 11 is 10.9. The molecule has 1 aromatic carbocycles. The number of halogens is 2. The van der Waals surface area contributed by atoms with Gasteiger partial charge in [-0.3, -0.25) is 4.79 Å². The molecule has 0 aliphatic rings. The number of rotatable bonds is 3. The maximum Gasteiger partial charge on any atom is 0.248 e. The highest BCUT2D eigenvalue weighted by Crippen LogP contribution is 2.29. The largest absolute Gasteiger partial charge is 0.321 e. The zero-order valence-electron chi connectivity index (χ0n) is 9.98. The molecule has 0 aliphatic heterocycles. The van der Waals surface area contributed by atoms with E-state index in [0.29, 0.717) is 10.7 Å². The van der Waals surface area contributed by atoms with Crippen LogP contribution in [-0.2, 0) is 4.79 Å². The average molecular weight is 358 g/mol. The van der Waals surface area contributed by atoms with Crippen molar-refractivity contribution in [1.29, 1.82) is 0 Å². The fourth-order valence-electron chi connectivity index (χ4n) is 1.49. The van der Waals surface area contributed by atoms with Gasteiger partial charge in [0.2, 0.25) is 5.91 Å². The molecule has 2 aromatic rings. The number of amides is 1. The number of benzene rings is 1. The van der Waals surface area contributed by atoms with Crippen molar-refractivity contribution in [2.24, 2.45) is 0 Å². The number of hydrogen-bond acceptors (Lipinski definition) is 3. The first-order valence-corrected chi connectivity index (χ1v) is 7.50. The van der Waals surface area contributed by atoms with Crippen molar-refractivity contribution in [3.63, 3.8) is 0 Å². The van der Waals surface area contributed by atoms with Crippen molar-refractivity contribution >= 4 is 56.5 Å². The maximum absolute atomic E-state index is 11.8. The second-order valence-corrected chi connectivity index (χ2v) is 5.86. The Morgan fingerprint density at radius 1 is 1.53 bits per heavy atom. The van der Waals surface area contributed by atoms with Crippen LogP contribution in [0.3, 0.4) is 0 Å². The minimum atomic E-state index is -0.236.